The highest BCUT2D eigenvalue weighted by atomic mass is 16.5. The lowest BCUT2D eigenvalue weighted by Gasteiger charge is -2.43. The van der Waals surface area contributed by atoms with Crippen molar-refractivity contribution in [3.8, 4) is 5.75 Å². The molecule has 10 heteroatoms. The number of unbranched alkanes of at least 4 members (excludes halogenated alkanes) is 4. The molecule has 1 saturated heterocycles. The topological polar surface area (TPSA) is 88.7 Å². The number of likely N-dealkylation sites (N-methyl/N-ethyl adjacent to an activating group) is 1. The quantitative estimate of drug-likeness (QED) is 0.155. The van der Waals surface area contributed by atoms with Crippen molar-refractivity contribution in [2.75, 3.05) is 64.9 Å². The molecule has 270 valence electrons. The first-order chi connectivity index (χ1) is 24.4. The van der Waals surface area contributed by atoms with Gasteiger partial charge in [0, 0.05) is 51.4 Å². The largest absolute Gasteiger partial charge is 0.496 e. The van der Waals surface area contributed by atoms with E-state index >= 15 is 0 Å². The molecule has 10 nitrogen and oxygen atoms in total. The number of carbonyl (C=O) groups excluding carboxylic acids is 3. The van der Waals surface area contributed by atoms with Gasteiger partial charge < -0.3 is 29.7 Å². The molecule has 1 aliphatic heterocycles. The van der Waals surface area contributed by atoms with Gasteiger partial charge in [-0.2, -0.15) is 0 Å². The van der Waals surface area contributed by atoms with Crippen molar-refractivity contribution in [2.24, 2.45) is 0 Å². The smallest absolute Gasteiger partial charge is 0.329 e. The number of rotatable bonds is 17. The van der Waals surface area contributed by atoms with Gasteiger partial charge in [-0.15, -0.1) is 0 Å². The van der Waals surface area contributed by atoms with Crippen LogP contribution < -0.4 is 15.0 Å². The van der Waals surface area contributed by atoms with Gasteiger partial charge in [-0.3, -0.25) is 9.69 Å². The second-order valence-electron chi connectivity index (χ2n) is 13.0. The highest BCUT2D eigenvalue weighted by Crippen LogP contribution is 2.28. The second-order valence-corrected chi connectivity index (χ2v) is 13.0. The lowest BCUT2D eigenvalue weighted by Crippen LogP contribution is -2.64. The van der Waals surface area contributed by atoms with Gasteiger partial charge >= 0.3 is 12.1 Å². The molecule has 5 amide bonds. The number of carbonyl (C=O) groups is 3. The monoisotopic (exact) mass is 684 g/mol. The van der Waals surface area contributed by atoms with Crippen LogP contribution in [0.2, 0.25) is 0 Å². The van der Waals surface area contributed by atoms with Gasteiger partial charge in [0.25, 0.3) is 0 Å². The maximum atomic E-state index is 14.6. The van der Waals surface area contributed by atoms with Gasteiger partial charge in [-0.1, -0.05) is 94.1 Å². The van der Waals surface area contributed by atoms with Gasteiger partial charge in [0.05, 0.1) is 25.0 Å². The zero-order chi connectivity index (χ0) is 35.7. The van der Waals surface area contributed by atoms with E-state index in [4.69, 9.17) is 4.74 Å². The van der Waals surface area contributed by atoms with Crippen LogP contribution in [0.25, 0.3) is 0 Å². The molecule has 3 aromatic carbocycles. The Morgan fingerprint density at radius 3 is 1.92 bits per heavy atom. The Morgan fingerprint density at radius 1 is 0.760 bits per heavy atom. The number of hydrogen-bond acceptors (Lipinski definition) is 5. The standard InChI is InChI=1S/C40H56N6O4/c1-5-7-17-26-43(27-18-8-6-2)39(48)44-29-30-45(40(49)46(34-20-11-9-12-21-34)35-22-13-10-14-23-35)36(32-44)38(47)41-25-28-42(3)31-33-19-15-16-24-37(33)50-4/h9-16,19-24,36H,5-8,17-18,25-32H2,1-4H3,(H,41,47)/t36-/m0/s1. The molecule has 0 aliphatic carbocycles. The van der Waals surface area contributed by atoms with Gasteiger partial charge in [-0.25, -0.2) is 9.59 Å². The van der Waals surface area contributed by atoms with Crippen LogP contribution in [-0.2, 0) is 11.3 Å². The minimum atomic E-state index is -0.859. The first kappa shape index (κ1) is 38.2. The number of hydrogen-bond donors (Lipinski definition) is 1. The molecule has 50 heavy (non-hydrogen) atoms. The molecule has 4 rings (SSSR count). The van der Waals surface area contributed by atoms with Crippen molar-refractivity contribution in [3.63, 3.8) is 0 Å². The zero-order valence-electron chi connectivity index (χ0n) is 30.4. The molecular weight excluding hydrogens is 628 g/mol. The number of urea groups is 2. The Kier molecular flexibility index (Phi) is 15.4. The number of anilines is 2. The van der Waals surface area contributed by atoms with Crippen molar-refractivity contribution in [3.05, 3.63) is 90.5 Å². The van der Waals surface area contributed by atoms with Crippen LogP contribution in [0.15, 0.2) is 84.9 Å². The van der Waals surface area contributed by atoms with E-state index in [0.29, 0.717) is 50.6 Å². The Labute approximate surface area is 299 Å². The molecular formula is C40H56N6O4. The van der Waals surface area contributed by atoms with Crippen molar-refractivity contribution in [1.82, 2.24) is 24.9 Å². The first-order valence-corrected chi connectivity index (χ1v) is 18.2. The van der Waals surface area contributed by atoms with E-state index < -0.39 is 6.04 Å². The summed E-state index contributed by atoms with van der Waals surface area (Å²) in [6, 6.07) is 25.7. The van der Waals surface area contributed by atoms with Crippen LogP contribution in [0.5, 0.6) is 5.75 Å². The maximum Gasteiger partial charge on any atom is 0.329 e. The number of methoxy groups -OCH3 is 1. The van der Waals surface area contributed by atoms with Crippen LogP contribution >= 0.6 is 0 Å². The zero-order valence-corrected chi connectivity index (χ0v) is 30.4. The number of amides is 5. The van der Waals surface area contributed by atoms with Crippen LogP contribution in [-0.4, -0.2) is 104 Å². The van der Waals surface area contributed by atoms with Crippen LogP contribution in [0.3, 0.4) is 0 Å². The predicted molar refractivity (Wildman–Crippen MR) is 201 cm³/mol. The van der Waals surface area contributed by atoms with Crippen LogP contribution in [0.4, 0.5) is 21.0 Å². The average Bonchev–Trinajstić information content (AvgIpc) is 3.15. The predicted octanol–water partition coefficient (Wildman–Crippen LogP) is 6.99. The molecule has 1 fully saturated rings. The van der Waals surface area contributed by atoms with E-state index in [-0.39, 0.29) is 31.1 Å². The number of benzene rings is 3. The molecule has 1 N–H and O–H groups in total. The van der Waals surface area contributed by atoms with Crippen molar-refractivity contribution < 1.29 is 19.1 Å². The fourth-order valence-electron chi connectivity index (χ4n) is 6.36. The molecule has 1 atom stereocenters. The fraction of sp³-hybridized carbons (Fsp3) is 0.475. The molecule has 0 saturated carbocycles. The number of para-hydroxylation sites is 3. The van der Waals surface area contributed by atoms with Gasteiger partial charge in [0.15, 0.2) is 0 Å². The van der Waals surface area contributed by atoms with E-state index in [0.717, 1.165) is 49.8 Å². The number of ether oxygens (including phenoxy) is 1. The molecule has 3 aromatic rings. The van der Waals surface area contributed by atoms with Crippen LogP contribution in [0, 0.1) is 0 Å². The summed E-state index contributed by atoms with van der Waals surface area (Å²) in [4.78, 5) is 51.8. The number of piperazine rings is 1. The fourth-order valence-corrected chi connectivity index (χ4v) is 6.36. The molecule has 1 aliphatic rings. The Bertz CT molecular complexity index is 1420. The summed E-state index contributed by atoms with van der Waals surface area (Å²) in [5.41, 5.74) is 2.47. The van der Waals surface area contributed by atoms with Gasteiger partial charge in [0.2, 0.25) is 5.91 Å². The Balaban J connectivity index is 1.54. The summed E-state index contributed by atoms with van der Waals surface area (Å²) in [6.07, 6.45) is 6.17. The Morgan fingerprint density at radius 2 is 1.34 bits per heavy atom. The summed E-state index contributed by atoms with van der Waals surface area (Å²) in [6.45, 7) is 8.07. The van der Waals surface area contributed by atoms with Gasteiger partial charge in [-0.05, 0) is 50.2 Å². The van der Waals surface area contributed by atoms with E-state index in [1.807, 2.05) is 96.9 Å². The molecule has 0 spiro atoms. The molecule has 1 heterocycles. The van der Waals surface area contributed by atoms with E-state index in [2.05, 4.69) is 24.1 Å². The third-order valence-corrected chi connectivity index (χ3v) is 9.18. The number of nitrogens with zero attached hydrogens (tertiary/aromatic N) is 5. The third kappa shape index (κ3) is 10.7. The average molecular weight is 685 g/mol. The molecule has 0 bridgehead atoms. The molecule has 0 radical (unpaired) electrons. The molecule has 0 aromatic heterocycles. The SMILES string of the molecule is CCCCCN(CCCCC)C(=O)N1CCN(C(=O)N(c2ccccc2)c2ccccc2)[C@H](C(=O)NCCN(C)Cc2ccccc2OC)C1. The van der Waals surface area contributed by atoms with E-state index in [1.54, 1.807) is 21.8 Å². The highest BCUT2D eigenvalue weighted by Gasteiger charge is 2.40. The van der Waals surface area contributed by atoms with E-state index in [1.165, 1.54) is 0 Å². The van der Waals surface area contributed by atoms with Crippen molar-refractivity contribution in [1.29, 1.82) is 0 Å². The maximum absolute atomic E-state index is 14.6. The minimum absolute atomic E-state index is 0.0541. The van der Waals surface area contributed by atoms with Crippen molar-refractivity contribution >= 4 is 29.3 Å². The van der Waals surface area contributed by atoms with Crippen LogP contribution in [0.1, 0.15) is 57.9 Å². The van der Waals surface area contributed by atoms with Gasteiger partial charge in [0.1, 0.15) is 11.8 Å². The highest BCUT2D eigenvalue weighted by molar-refractivity contribution is 6.01. The lowest BCUT2D eigenvalue weighted by molar-refractivity contribution is -0.127. The minimum Gasteiger partial charge on any atom is -0.496 e. The lowest BCUT2D eigenvalue weighted by atomic mass is 10.1. The summed E-state index contributed by atoms with van der Waals surface area (Å²) < 4.78 is 5.51. The summed E-state index contributed by atoms with van der Waals surface area (Å²) in [5.74, 6) is 0.551. The normalized spacial score (nSPS) is 14.4. The second kappa shape index (κ2) is 20.2. The summed E-state index contributed by atoms with van der Waals surface area (Å²) in [7, 11) is 3.66. The molecule has 0 unspecified atom stereocenters. The third-order valence-electron chi connectivity index (χ3n) is 9.18. The summed E-state index contributed by atoms with van der Waals surface area (Å²) in [5, 5.41) is 3.10. The van der Waals surface area contributed by atoms with Crippen molar-refractivity contribution in [2.45, 2.75) is 65.0 Å². The Hall–Kier alpha value is -4.57. The first-order valence-electron chi connectivity index (χ1n) is 18.2. The summed E-state index contributed by atoms with van der Waals surface area (Å²) >= 11 is 0. The number of nitrogens with one attached hydrogen (secondary N) is 1. The van der Waals surface area contributed by atoms with E-state index in [9.17, 15) is 14.4 Å².